The number of hydrogen-bond acceptors (Lipinski definition) is 5. The average Bonchev–Trinajstić information content (AvgIpc) is 3.05. The Hall–Kier alpha value is -3.12. The summed E-state index contributed by atoms with van der Waals surface area (Å²) >= 11 is 0. The first kappa shape index (κ1) is 25.5. The third-order valence-corrected chi connectivity index (χ3v) is 5.80. The van der Waals surface area contributed by atoms with Crippen LogP contribution in [-0.4, -0.2) is 47.6 Å². The minimum atomic E-state index is -0.669. The molecule has 1 aliphatic rings. The molecule has 1 atom stereocenters. The van der Waals surface area contributed by atoms with Crippen molar-refractivity contribution in [2.24, 2.45) is 0 Å². The predicted octanol–water partition coefficient (Wildman–Crippen LogP) is 5.33. The number of aryl methyl sites for hydroxylation is 2. The van der Waals surface area contributed by atoms with E-state index in [-0.39, 0.29) is 17.4 Å². The van der Waals surface area contributed by atoms with Crippen molar-refractivity contribution in [1.82, 2.24) is 4.90 Å². The van der Waals surface area contributed by atoms with E-state index in [2.05, 4.69) is 0 Å². The minimum absolute atomic E-state index is 0.0931. The maximum atomic E-state index is 13.2. The number of nitrogens with zero attached hydrogens (tertiary/aromatic N) is 1. The van der Waals surface area contributed by atoms with Gasteiger partial charge in [-0.05, 0) is 69.9 Å². The largest absolute Gasteiger partial charge is 0.507 e. The van der Waals surface area contributed by atoms with Crippen molar-refractivity contribution in [3.63, 3.8) is 0 Å². The van der Waals surface area contributed by atoms with E-state index < -0.39 is 17.7 Å². The number of aliphatic hydroxyl groups is 1. The van der Waals surface area contributed by atoms with Gasteiger partial charge in [0.25, 0.3) is 11.7 Å². The van der Waals surface area contributed by atoms with Crippen molar-refractivity contribution in [2.45, 2.75) is 59.6 Å². The van der Waals surface area contributed by atoms with Crippen LogP contribution in [0.15, 0.2) is 48.0 Å². The molecule has 2 aromatic rings. The normalized spacial score (nSPS) is 17.6. The molecular weight excluding hydrogens is 430 g/mol. The smallest absolute Gasteiger partial charge is 0.295 e. The Morgan fingerprint density at radius 1 is 1.09 bits per heavy atom. The lowest BCUT2D eigenvalue weighted by atomic mass is 9.94. The van der Waals surface area contributed by atoms with E-state index in [0.29, 0.717) is 31.7 Å². The fraction of sp³-hybridized carbons (Fsp3) is 0.429. The summed E-state index contributed by atoms with van der Waals surface area (Å²) in [6.45, 7) is 11.3. The van der Waals surface area contributed by atoms with E-state index in [1.54, 1.807) is 23.1 Å². The van der Waals surface area contributed by atoms with Gasteiger partial charge in [0.2, 0.25) is 0 Å². The molecule has 0 spiro atoms. The van der Waals surface area contributed by atoms with Crippen LogP contribution in [0.4, 0.5) is 0 Å². The third kappa shape index (κ3) is 5.68. The van der Waals surface area contributed by atoms with Gasteiger partial charge in [0.15, 0.2) is 0 Å². The summed E-state index contributed by atoms with van der Waals surface area (Å²) in [4.78, 5) is 27.8. The highest BCUT2D eigenvalue weighted by molar-refractivity contribution is 6.46. The molecule has 1 saturated heterocycles. The third-order valence-electron chi connectivity index (χ3n) is 5.80. The van der Waals surface area contributed by atoms with Crippen molar-refractivity contribution < 1.29 is 24.2 Å². The number of ether oxygens (including phenoxy) is 2. The second-order valence-corrected chi connectivity index (χ2v) is 9.01. The summed E-state index contributed by atoms with van der Waals surface area (Å²) in [5, 5.41) is 11.3. The molecule has 34 heavy (non-hydrogen) atoms. The van der Waals surface area contributed by atoms with Crippen molar-refractivity contribution >= 4 is 17.4 Å². The molecule has 1 amide bonds. The summed E-state index contributed by atoms with van der Waals surface area (Å²) in [7, 11) is 0. The van der Waals surface area contributed by atoms with Crippen LogP contribution in [0, 0.1) is 13.8 Å². The molecule has 1 N–H and O–H groups in total. The van der Waals surface area contributed by atoms with Crippen LogP contribution < -0.4 is 4.74 Å². The number of amides is 1. The van der Waals surface area contributed by atoms with Crippen LogP contribution in [0.3, 0.4) is 0 Å². The zero-order chi connectivity index (χ0) is 24.8. The van der Waals surface area contributed by atoms with E-state index in [4.69, 9.17) is 9.47 Å². The van der Waals surface area contributed by atoms with Gasteiger partial charge >= 0.3 is 0 Å². The Labute approximate surface area is 202 Å². The van der Waals surface area contributed by atoms with Crippen molar-refractivity contribution in [1.29, 1.82) is 0 Å². The molecule has 0 bridgehead atoms. The lowest BCUT2D eigenvalue weighted by Gasteiger charge is -2.26. The van der Waals surface area contributed by atoms with E-state index in [1.807, 2.05) is 58.9 Å². The van der Waals surface area contributed by atoms with Gasteiger partial charge in [-0.15, -0.1) is 0 Å². The van der Waals surface area contributed by atoms with Crippen molar-refractivity contribution in [2.75, 3.05) is 19.8 Å². The summed E-state index contributed by atoms with van der Waals surface area (Å²) in [6.07, 6.45) is 1.58. The van der Waals surface area contributed by atoms with E-state index in [1.165, 1.54) is 0 Å². The number of Topliss-reactive ketones (excluding diaryl/α,β-unsaturated/α-hetero) is 1. The maximum Gasteiger partial charge on any atom is 0.295 e. The lowest BCUT2D eigenvalue weighted by Crippen LogP contribution is -2.31. The second-order valence-electron chi connectivity index (χ2n) is 9.01. The number of benzene rings is 2. The van der Waals surface area contributed by atoms with Gasteiger partial charge in [-0.25, -0.2) is 0 Å². The molecule has 3 rings (SSSR count). The monoisotopic (exact) mass is 465 g/mol. The topological polar surface area (TPSA) is 76.1 Å². The number of ketones is 1. The lowest BCUT2D eigenvalue weighted by molar-refractivity contribution is -0.140. The zero-order valence-corrected chi connectivity index (χ0v) is 20.8. The minimum Gasteiger partial charge on any atom is -0.507 e. The van der Waals surface area contributed by atoms with Gasteiger partial charge in [-0.3, -0.25) is 9.59 Å². The Morgan fingerprint density at radius 3 is 2.50 bits per heavy atom. The van der Waals surface area contributed by atoms with E-state index >= 15 is 0 Å². The number of carbonyl (C=O) groups is 2. The Morgan fingerprint density at radius 2 is 1.85 bits per heavy atom. The number of rotatable bonds is 10. The molecule has 182 valence electrons. The summed E-state index contributed by atoms with van der Waals surface area (Å²) < 4.78 is 11.4. The van der Waals surface area contributed by atoms with Gasteiger partial charge in [0, 0.05) is 18.7 Å². The average molecular weight is 466 g/mol. The number of likely N-dealkylation sites (tertiary alicyclic amines) is 1. The van der Waals surface area contributed by atoms with Crippen molar-refractivity contribution in [3.05, 3.63) is 70.3 Å². The fourth-order valence-electron chi connectivity index (χ4n) is 4.18. The molecule has 1 aliphatic heterocycles. The molecular formula is C28H35NO5. The summed E-state index contributed by atoms with van der Waals surface area (Å²) in [5.74, 6) is -0.704. The highest BCUT2D eigenvalue weighted by atomic mass is 16.5. The first-order valence-electron chi connectivity index (χ1n) is 11.9. The molecule has 1 unspecified atom stereocenters. The van der Waals surface area contributed by atoms with Gasteiger partial charge in [0.1, 0.15) is 11.5 Å². The molecule has 6 nitrogen and oxygen atoms in total. The van der Waals surface area contributed by atoms with Crippen LogP contribution in [0.2, 0.25) is 0 Å². The van der Waals surface area contributed by atoms with Crippen LogP contribution in [0.5, 0.6) is 5.75 Å². The van der Waals surface area contributed by atoms with Gasteiger partial charge in [-0.2, -0.15) is 0 Å². The van der Waals surface area contributed by atoms with Crippen LogP contribution in [0.25, 0.3) is 5.76 Å². The van der Waals surface area contributed by atoms with Crippen LogP contribution in [-0.2, 0) is 14.3 Å². The summed E-state index contributed by atoms with van der Waals surface area (Å²) in [6, 6.07) is 12.4. The fourth-order valence-corrected chi connectivity index (χ4v) is 4.18. The molecule has 1 fully saturated rings. The highest BCUT2D eigenvalue weighted by Gasteiger charge is 2.45. The zero-order valence-electron chi connectivity index (χ0n) is 20.8. The molecule has 0 aliphatic carbocycles. The quantitative estimate of drug-likeness (QED) is 0.222. The number of carbonyl (C=O) groups excluding carboxylic acids is 2. The Balaban J connectivity index is 2.02. The van der Waals surface area contributed by atoms with Gasteiger partial charge in [-0.1, -0.05) is 36.8 Å². The van der Waals surface area contributed by atoms with E-state index in [0.717, 1.165) is 28.9 Å². The molecule has 6 heteroatoms. The van der Waals surface area contributed by atoms with Crippen LogP contribution >= 0.6 is 0 Å². The molecule has 0 saturated carbocycles. The Kier molecular flexibility index (Phi) is 8.51. The van der Waals surface area contributed by atoms with Crippen molar-refractivity contribution in [3.8, 4) is 5.75 Å². The van der Waals surface area contributed by atoms with Gasteiger partial charge < -0.3 is 19.5 Å². The van der Waals surface area contributed by atoms with E-state index in [9.17, 15) is 14.7 Å². The number of hydrogen-bond donors (Lipinski definition) is 1. The number of aliphatic hydroxyl groups excluding tert-OH is 1. The van der Waals surface area contributed by atoms with Gasteiger partial charge in [0.05, 0.1) is 24.3 Å². The predicted molar refractivity (Wildman–Crippen MR) is 133 cm³/mol. The molecule has 0 aromatic heterocycles. The molecule has 0 radical (unpaired) electrons. The first-order chi connectivity index (χ1) is 16.2. The Bertz CT molecular complexity index is 1070. The standard InChI is InChI=1S/C28H35NO5/c1-6-14-34-23-12-11-22(17-20(23)5)26(30)24-25(21-10-7-9-19(4)16-21)29(28(32)27(24)31)13-8-15-33-18(2)3/h7,9-12,16-18,25,30H,6,8,13-15H2,1-5H3/b26-24-. The molecule has 2 aromatic carbocycles. The SMILES string of the molecule is CCCOc1ccc(/C(O)=C2/C(=O)C(=O)N(CCCOC(C)C)C2c2cccc(C)c2)cc1C. The molecule has 1 heterocycles. The maximum absolute atomic E-state index is 13.2. The second kappa shape index (κ2) is 11.3. The van der Waals surface area contributed by atoms with Crippen LogP contribution in [0.1, 0.15) is 61.9 Å². The highest BCUT2D eigenvalue weighted by Crippen LogP contribution is 2.40. The summed E-state index contributed by atoms with van der Waals surface area (Å²) in [5.41, 5.74) is 3.26. The first-order valence-corrected chi connectivity index (χ1v) is 11.9.